The number of furan rings is 1. The lowest BCUT2D eigenvalue weighted by molar-refractivity contribution is -0.114. The van der Waals surface area contributed by atoms with Crippen LogP contribution in [0, 0.1) is 0 Å². The van der Waals surface area contributed by atoms with Crippen molar-refractivity contribution < 1.29 is 28.4 Å². The number of carbonyl (C=O) groups is 5. The third-order valence-electron chi connectivity index (χ3n) is 7.05. The second-order valence-electron chi connectivity index (χ2n) is 10.1. The van der Waals surface area contributed by atoms with Gasteiger partial charge in [-0.25, -0.2) is 0 Å². The van der Waals surface area contributed by atoms with Crippen LogP contribution in [0.25, 0.3) is 6.08 Å². The van der Waals surface area contributed by atoms with Gasteiger partial charge in [0.25, 0.3) is 11.8 Å². The summed E-state index contributed by atoms with van der Waals surface area (Å²) in [6, 6.07) is 30.2. The number of ketones is 2. The molecule has 0 spiro atoms. The third-order valence-corrected chi connectivity index (χ3v) is 8.04. The number of thioether (sulfide) groups is 1. The zero-order valence-corrected chi connectivity index (χ0v) is 24.9. The van der Waals surface area contributed by atoms with Gasteiger partial charge in [0, 0.05) is 38.9 Å². The highest BCUT2D eigenvalue weighted by Crippen LogP contribution is 2.32. The van der Waals surface area contributed by atoms with Gasteiger partial charge in [-0.15, -0.1) is 11.8 Å². The molecule has 10 heteroatoms. The average Bonchev–Trinajstić information content (AvgIpc) is 3.60. The van der Waals surface area contributed by atoms with Gasteiger partial charge < -0.3 is 20.4 Å². The van der Waals surface area contributed by atoms with Crippen molar-refractivity contribution in [1.29, 1.82) is 0 Å². The van der Waals surface area contributed by atoms with Gasteiger partial charge in [0.2, 0.25) is 5.91 Å². The molecule has 0 aliphatic heterocycles. The minimum Gasteiger partial charge on any atom is -0.465 e. The molecule has 0 radical (unpaired) electrons. The normalized spacial score (nSPS) is 12.1. The summed E-state index contributed by atoms with van der Waals surface area (Å²) in [7, 11) is 0. The van der Waals surface area contributed by atoms with E-state index >= 15 is 0 Å². The summed E-state index contributed by atoms with van der Waals surface area (Å²) in [5.41, 5.74) is 2.13. The largest absolute Gasteiger partial charge is 0.465 e. The van der Waals surface area contributed by atoms with E-state index in [4.69, 9.17) is 4.42 Å². The molecule has 0 saturated carbocycles. The Labute approximate surface area is 267 Å². The standard InChI is InChI=1S/C36H25N3O6S/c40-31(38-29-17-7-16-28-32(29)34(42)27-15-5-4-14-26(27)33(28)41)21-46-25-13-6-11-23(19-25)37-36(44)30(20-24-12-8-18-45-24)39-35(43)22-9-2-1-3-10-22/h1-20H,21H2,(H,37,44)(H,38,40)(H,39,43)/b30-20+. The number of hydrogen-bond acceptors (Lipinski definition) is 7. The van der Waals surface area contributed by atoms with Crippen LogP contribution in [0.2, 0.25) is 0 Å². The van der Waals surface area contributed by atoms with Crippen LogP contribution >= 0.6 is 11.8 Å². The highest BCUT2D eigenvalue weighted by atomic mass is 32.2. The SMILES string of the molecule is O=C(CSc1cccc(NC(=O)/C(=C\c2ccco2)NC(=O)c2ccccc2)c1)Nc1cccc2c1C(=O)c1ccccc1C2=O. The number of anilines is 2. The Morgan fingerprint density at radius 2 is 1.43 bits per heavy atom. The Kier molecular flexibility index (Phi) is 8.71. The number of amides is 3. The molecule has 1 heterocycles. The number of rotatable bonds is 9. The van der Waals surface area contributed by atoms with E-state index in [-0.39, 0.29) is 45.7 Å². The smallest absolute Gasteiger partial charge is 0.272 e. The summed E-state index contributed by atoms with van der Waals surface area (Å²) in [6.07, 6.45) is 2.89. The maximum Gasteiger partial charge on any atom is 0.272 e. The minimum absolute atomic E-state index is 0.00340. The van der Waals surface area contributed by atoms with E-state index in [1.165, 1.54) is 24.1 Å². The quantitative estimate of drug-likeness (QED) is 0.128. The first-order chi connectivity index (χ1) is 22.4. The van der Waals surface area contributed by atoms with E-state index in [0.29, 0.717) is 33.0 Å². The van der Waals surface area contributed by atoms with Gasteiger partial charge in [-0.2, -0.15) is 0 Å². The van der Waals surface area contributed by atoms with Crippen LogP contribution in [-0.4, -0.2) is 35.0 Å². The summed E-state index contributed by atoms with van der Waals surface area (Å²) in [6.45, 7) is 0. The second-order valence-corrected chi connectivity index (χ2v) is 11.2. The molecular formula is C36H25N3O6S. The minimum atomic E-state index is -0.574. The van der Waals surface area contributed by atoms with Crippen LogP contribution < -0.4 is 16.0 Å². The van der Waals surface area contributed by atoms with Gasteiger partial charge in [0.05, 0.1) is 23.3 Å². The lowest BCUT2D eigenvalue weighted by Gasteiger charge is -2.20. The van der Waals surface area contributed by atoms with Crippen molar-refractivity contribution in [2.75, 3.05) is 16.4 Å². The van der Waals surface area contributed by atoms with Crippen molar-refractivity contribution in [3.63, 3.8) is 0 Å². The Morgan fingerprint density at radius 1 is 0.717 bits per heavy atom. The van der Waals surface area contributed by atoms with Gasteiger partial charge >= 0.3 is 0 Å². The summed E-state index contributed by atoms with van der Waals surface area (Å²) in [5.74, 6) is -1.62. The molecule has 0 saturated heterocycles. The molecule has 0 fully saturated rings. The van der Waals surface area contributed by atoms with Crippen molar-refractivity contribution in [2.45, 2.75) is 4.90 Å². The van der Waals surface area contributed by atoms with E-state index < -0.39 is 11.8 Å². The number of fused-ring (bicyclic) bond motifs is 2. The van der Waals surface area contributed by atoms with Gasteiger partial charge in [-0.3, -0.25) is 24.0 Å². The zero-order valence-electron chi connectivity index (χ0n) is 24.1. The number of benzene rings is 4. The topological polar surface area (TPSA) is 135 Å². The Morgan fingerprint density at radius 3 is 2.20 bits per heavy atom. The highest BCUT2D eigenvalue weighted by molar-refractivity contribution is 8.00. The van der Waals surface area contributed by atoms with Crippen LogP contribution in [0.3, 0.4) is 0 Å². The summed E-state index contributed by atoms with van der Waals surface area (Å²) in [5, 5.41) is 8.21. The maximum atomic E-state index is 13.3. The van der Waals surface area contributed by atoms with Crippen molar-refractivity contribution in [3.8, 4) is 0 Å². The predicted molar refractivity (Wildman–Crippen MR) is 175 cm³/mol. The van der Waals surface area contributed by atoms with Crippen molar-refractivity contribution >= 4 is 58.5 Å². The van der Waals surface area contributed by atoms with Crippen LogP contribution in [0.4, 0.5) is 11.4 Å². The summed E-state index contributed by atoms with van der Waals surface area (Å²) >= 11 is 1.22. The first kappa shape index (κ1) is 30.0. The number of nitrogens with one attached hydrogen (secondary N) is 3. The highest BCUT2D eigenvalue weighted by Gasteiger charge is 2.31. The van der Waals surface area contributed by atoms with E-state index in [9.17, 15) is 24.0 Å². The van der Waals surface area contributed by atoms with E-state index in [1.54, 1.807) is 109 Å². The molecule has 3 N–H and O–H groups in total. The fourth-order valence-corrected chi connectivity index (χ4v) is 5.66. The Hall–Kier alpha value is -6.00. The van der Waals surface area contributed by atoms with Crippen LogP contribution in [0.1, 0.15) is 48.0 Å². The first-order valence-corrected chi connectivity index (χ1v) is 15.1. The van der Waals surface area contributed by atoms with E-state index in [1.807, 2.05) is 0 Å². The maximum absolute atomic E-state index is 13.3. The van der Waals surface area contributed by atoms with E-state index in [0.717, 1.165) is 0 Å². The fourth-order valence-electron chi connectivity index (χ4n) is 4.90. The lowest BCUT2D eigenvalue weighted by Crippen LogP contribution is -2.30. The van der Waals surface area contributed by atoms with Gasteiger partial charge in [0.1, 0.15) is 11.5 Å². The molecule has 1 aliphatic rings. The van der Waals surface area contributed by atoms with Crippen molar-refractivity contribution in [3.05, 3.63) is 155 Å². The monoisotopic (exact) mass is 627 g/mol. The second kappa shape index (κ2) is 13.3. The molecule has 3 amide bonds. The Balaban J connectivity index is 1.12. The van der Waals surface area contributed by atoms with Crippen molar-refractivity contribution in [1.82, 2.24) is 5.32 Å². The Bertz CT molecular complexity index is 2020. The van der Waals surface area contributed by atoms with Gasteiger partial charge in [-0.1, -0.05) is 60.7 Å². The molecular weight excluding hydrogens is 602 g/mol. The molecule has 1 aromatic heterocycles. The number of hydrogen-bond donors (Lipinski definition) is 3. The van der Waals surface area contributed by atoms with Gasteiger partial charge in [-0.05, 0) is 48.5 Å². The van der Waals surface area contributed by atoms with Gasteiger partial charge in [0.15, 0.2) is 11.6 Å². The van der Waals surface area contributed by atoms with E-state index in [2.05, 4.69) is 16.0 Å². The molecule has 4 aromatic carbocycles. The number of carbonyl (C=O) groups excluding carboxylic acids is 5. The summed E-state index contributed by atoms with van der Waals surface area (Å²) < 4.78 is 5.34. The van der Waals surface area contributed by atoms with Crippen LogP contribution in [-0.2, 0) is 9.59 Å². The lowest BCUT2D eigenvalue weighted by atomic mass is 9.83. The van der Waals surface area contributed by atoms with Crippen LogP contribution in [0.15, 0.2) is 130 Å². The van der Waals surface area contributed by atoms with Crippen LogP contribution in [0.5, 0.6) is 0 Å². The molecule has 46 heavy (non-hydrogen) atoms. The molecule has 226 valence electrons. The molecule has 0 unspecified atom stereocenters. The molecule has 5 aromatic rings. The molecule has 0 bridgehead atoms. The molecule has 0 atom stereocenters. The fraction of sp³-hybridized carbons (Fsp3) is 0.0278. The third kappa shape index (κ3) is 6.57. The molecule has 1 aliphatic carbocycles. The first-order valence-electron chi connectivity index (χ1n) is 14.1. The predicted octanol–water partition coefficient (Wildman–Crippen LogP) is 6.20. The summed E-state index contributed by atoms with van der Waals surface area (Å²) in [4.78, 5) is 66.0. The van der Waals surface area contributed by atoms with Crippen molar-refractivity contribution in [2.24, 2.45) is 0 Å². The zero-order chi connectivity index (χ0) is 32.0. The molecule has 9 nitrogen and oxygen atoms in total. The molecule has 6 rings (SSSR count). The average molecular weight is 628 g/mol.